The highest BCUT2D eigenvalue weighted by molar-refractivity contribution is 8.00. The van der Waals surface area contributed by atoms with Gasteiger partial charge in [0.15, 0.2) is 5.16 Å². The molecule has 5 nitrogen and oxygen atoms in total. The third-order valence-corrected chi connectivity index (χ3v) is 5.66. The number of amides is 1. The highest BCUT2D eigenvalue weighted by atomic mass is 32.2. The molecule has 3 rings (SSSR count). The van der Waals surface area contributed by atoms with Crippen molar-refractivity contribution in [3.05, 3.63) is 71.5 Å². The van der Waals surface area contributed by atoms with Crippen molar-refractivity contribution in [2.45, 2.75) is 50.6 Å². The number of carbonyl (C=O) groups is 1. The van der Waals surface area contributed by atoms with Gasteiger partial charge in [0, 0.05) is 5.69 Å². The normalized spacial score (nSPS) is 12.2. The molecule has 0 aliphatic heterocycles. The molecule has 0 aliphatic carbocycles. The number of nitrogens with one attached hydrogen (secondary N) is 1. The fourth-order valence-corrected chi connectivity index (χ4v) is 3.70. The number of aryl methyl sites for hydroxylation is 1. The Morgan fingerprint density at radius 1 is 1.04 bits per heavy atom. The maximum atomic E-state index is 12.6. The van der Waals surface area contributed by atoms with Crippen LogP contribution in [0, 0.1) is 6.92 Å². The molecule has 146 valence electrons. The second kappa shape index (κ2) is 9.06. The number of benzene rings is 2. The molecule has 0 spiro atoms. The van der Waals surface area contributed by atoms with Crippen LogP contribution in [0.2, 0.25) is 0 Å². The molecule has 28 heavy (non-hydrogen) atoms. The molecule has 0 bridgehead atoms. The van der Waals surface area contributed by atoms with Gasteiger partial charge < -0.3 is 9.88 Å². The summed E-state index contributed by atoms with van der Waals surface area (Å²) < 4.78 is 2.04. The Kier molecular flexibility index (Phi) is 6.52. The molecule has 0 radical (unpaired) electrons. The summed E-state index contributed by atoms with van der Waals surface area (Å²) in [5.74, 6) is 1.26. The molecule has 2 aromatic carbocycles. The smallest absolute Gasteiger partial charge is 0.237 e. The number of rotatable bonds is 7. The lowest BCUT2D eigenvalue weighted by molar-refractivity contribution is -0.115. The van der Waals surface area contributed by atoms with E-state index in [0.29, 0.717) is 12.5 Å². The lowest BCUT2D eigenvalue weighted by atomic mass is 10.0. The Bertz CT molecular complexity index is 919. The monoisotopic (exact) mass is 394 g/mol. The molecule has 1 amide bonds. The minimum Gasteiger partial charge on any atom is -0.325 e. The zero-order valence-corrected chi connectivity index (χ0v) is 17.5. The predicted molar refractivity (Wildman–Crippen MR) is 115 cm³/mol. The fraction of sp³-hybridized carbons (Fsp3) is 0.318. The van der Waals surface area contributed by atoms with Crippen molar-refractivity contribution in [2.24, 2.45) is 0 Å². The van der Waals surface area contributed by atoms with Crippen molar-refractivity contribution in [3.63, 3.8) is 0 Å². The maximum Gasteiger partial charge on any atom is 0.237 e. The highest BCUT2D eigenvalue weighted by Gasteiger charge is 2.19. The van der Waals surface area contributed by atoms with Crippen LogP contribution in [0.4, 0.5) is 5.69 Å². The molecule has 1 atom stereocenters. The lowest BCUT2D eigenvalue weighted by Gasteiger charge is -2.14. The summed E-state index contributed by atoms with van der Waals surface area (Å²) in [6.45, 7) is 8.81. The predicted octanol–water partition coefficient (Wildman–Crippen LogP) is 4.88. The van der Waals surface area contributed by atoms with Gasteiger partial charge in [0.25, 0.3) is 0 Å². The van der Waals surface area contributed by atoms with Crippen LogP contribution in [0.3, 0.4) is 0 Å². The molecular weight excluding hydrogens is 368 g/mol. The number of thioether (sulfide) groups is 1. The van der Waals surface area contributed by atoms with E-state index in [1.165, 1.54) is 22.9 Å². The van der Waals surface area contributed by atoms with Crippen molar-refractivity contribution in [1.82, 2.24) is 14.8 Å². The SMILES string of the molecule is Cc1nnc(SC(C)C(=O)Nc2ccc(C(C)C)cc2)n1Cc1ccccc1. The molecule has 1 aromatic heterocycles. The fourth-order valence-electron chi connectivity index (χ4n) is 2.80. The minimum atomic E-state index is -0.289. The Morgan fingerprint density at radius 3 is 2.36 bits per heavy atom. The van der Waals surface area contributed by atoms with Crippen molar-refractivity contribution in [2.75, 3.05) is 5.32 Å². The van der Waals surface area contributed by atoms with Crippen molar-refractivity contribution in [1.29, 1.82) is 0 Å². The molecule has 6 heteroatoms. The summed E-state index contributed by atoms with van der Waals surface area (Å²) in [6, 6.07) is 18.2. The van der Waals surface area contributed by atoms with Gasteiger partial charge >= 0.3 is 0 Å². The third kappa shape index (κ3) is 5.01. The van der Waals surface area contributed by atoms with Crippen LogP contribution >= 0.6 is 11.8 Å². The van der Waals surface area contributed by atoms with Gasteiger partial charge in [0.2, 0.25) is 5.91 Å². The van der Waals surface area contributed by atoms with E-state index in [0.717, 1.165) is 16.7 Å². The second-order valence-electron chi connectivity index (χ2n) is 7.13. The largest absolute Gasteiger partial charge is 0.325 e. The average Bonchev–Trinajstić information content (AvgIpc) is 3.02. The number of nitrogens with zero attached hydrogens (tertiary/aromatic N) is 3. The number of carbonyl (C=O) groups excluding carboxylic acids is 1. The first-order valence-corrected chi connectivity index (χ1v) is 10.3. The Morgan fingerprint density at radius 2 is 1.71 bits per heavy atom. The molecule has 0 fully saturated rings. The Labute approximate surface area is 170 Å². The molecule has 3 aromatic rings. The molecule has 0 aliphatic rings. The van der Waals surface area contributed by atoms with E-state index in [9.17, 15) is 4.79 Å². The quantitative estimate of drug-likeness (QED) is 0.580. The Hall–Kier alpha value is -2.60. The average molecular weight is 395 g/mol. The van der Waals surface area contributed by atoms with Gasteiger partial charge in [0.05, 0.1) is 11.8 Å². The molecule has 1 N–H and O–H groups in total. The van der Waals surface area contributed by atoms with E-state index in [-0.39, 0.29) is 11.2 Å². The molecule has 0 saturated carbocycles. The molecule has 1 unspecified atom stereocenters. The van der Waals surface area contributed by atoms with Gasteiger partial charge in [-0.3, -0.25) is 4.79 Å². The highest BCUT2D eigenvalue weighted by Crippen LogP contribution is 2.25. The van der Waals surface area contributed by atoms with Gasteiger partial charge in [-0.1, -0.05) is 68.1 Å². The first-order valence-electron chi connectivity index (χ1n) is 9.45. The van der Waals surface area contributed by atoms with Crippen LogP contribution in [-0.2, 0) is 11.3 Å². The third-order valence-electron chi connectivity index (χ3n) is 4.58. The van der Waals surface area contributed by atoms with E-state index in [4.69, 9.17) is 0 Å². The first-order chi connectivity index (χ1) is 13.4. The van der Waals surface area contributed by atoms with Crippen LogP contribution in [0.25, 0.3) is 0 Å². The number of aromatic nitrogens is 3. The molecule has 1 heterocycles. The van der Waals surface area contributed by atoms with E-state index in [1.807, 2.05) is 48.7 Å². The number of anilines is 1. The zero-order chi connectivity index (χ0) is 20.1. The van der Waals surface area contributed by atoms with Crippen LogP contribution < -0.4 is 5.32 Å². The summed E-state index contributed by atoms with van der Waals surface area (Å²) in [5.41, 5.74) is 3.24. The summed E-state index contributed by atoms with van der Waals surface area (Å²) in [5, 5.41) is 11.9. The van der Waals surface area contributed by atoms with E-state index >= 15 is 0 Å². The standard InChI is InChI=1S/C22H26N4OS/c1-15(2)19-10-12-20(13-11-19)23-21(27)16(3)28-22-25-24-17(4)26(22)14-18-8-6-5-7-9-18/h5-13,15-16H,14H2,1-4H3,(H,23,27). The van der Waals surface area contributed by atoms with Crippen LogP contribution in [0.15, 0.2) is 59.8 Å². The summed E-state index contributed by atoms with van der Waals surface area (Å²) in [7, 11) is 0. The van der Waals surface area contributed by atoms with Crippen LogP contribution in [0.5, 0.6) is 0 Å². The van der Waals surface area contributed by atoms with Gasteiger partial charge in [-0.15, -0.1) is 10.2 Å². The maximum absolute atomic E-state index is 12.6. The van der Waals surface area contributed by atoms with E-state index in [2.05, 4.69) is 53.6 Å². The second-order valence-corrected chi connectivity index (χ2v) is 8.44. The van der Waals surface area contributed by atoms with Crippen LogP contribution in [0.1, 0.15) is 43.6 Å². The summed E-state index contributed by atoms with van der Waals surface area (Å²) in [4.78, 5) is 12.6. The van der Waals surface area contributed by atoms with Crippen molar-refractivity contribution >= 4 is 23.4 Å². The van der Waals surface area contributed by atoms with Crippen molar-refractivity contribution in [3.8, 4) is 0 Å². The van der Waals surface area contributed by atoms with E-state index in [1.54, 1.807) is 0 Å². The van der Waals surface area contributed by atoms with E-state index < -0.39 is 0 Å². The zero-order valence-electron chi connectivity index (χ0n) is 16.7. The molecular formula is C22H26N4OS. The lowest BCUT2D eigenvalue weighted by Crippen LogP contribution is -2.23. The van der Waals surface area contributed by atoms with Gasteiger partial charge in [-0.25, -0.2) is 0 Å². The first kappa shape index (κ1) is 20.1. The topological polar surface area (TPSA) is 59.8 Å². The van der Waals surface area contributed by atoms with Crippen molar-refractivity contribution < 1.29 is 4.79 Å². The minimum absolute atomic E-state index is 0.0470. The summed E-state index contributed by atoms with van der Waals surface area (Å²) in [6.07, 6.45) is 0. The number of hydrogen-bond donors (Lipinski definition) is 1. The number of hydrogen-bond acceptors (Lipinski definition) is 4. The molecule has 0 saturated heterocycles. The van der Waals surface area contributed by atoms with Gasteiger partial charge in [-0.05, 0) is 43.0 Å². The Balaban J connectivity index is 1.65. The van der Waals surface area contributed by atoms with Gasteiger partial charge in [-0.2, -0.15) is 0 Å². The summed E-state index contributed by atoms with van der Waals surface area (Å²) >= 11 is 1.42. The van der Waals surface area contributed by atoms with Crippen LogP contribution in [-0.4, -0.2) is 25.9 Å². The van der Waals surface area contributed by atoms with Gasteiger partial charge in [0.1, 0.15) is 5.82 Å².